The number of H-pyrrole nitrogens is 1. The van der Waals surface area contributed by atoms with Crippen LogP contribution in [0.25, 0.3) is 0 Å². The lowest BCUT2D eigenvalue weighted by Crippen LogP contribution is -2.34. The van der Waals surface area contributed by atoms with Gasteiger partial charge in [-0.25, -0.2) is 0 Å². The topological polar surface area (TPSA) is 95.3 Å². The van der Waals surface area contributed by atoms with E-state index in [1.54, 1.807) is 12.3 Å². The van der Waals surface area contributed by atoms with Gasteiger partial charge in [-0.05, 0) is 26.3 Å². The van der Waals surface area contributed by atoms with Gasteiger partial charge in [0.1, 0.15) is 11.5 Å². The first-order valence-corrected chi connectivity index (χ1v) is 8.46. The average Bonchev–Trinajstić information content (AvgIpc) is 3.34. The Hall–Kier alpha value is -2.64. The van der Waals surface area contributed by atoms with Crippen LogP contribution in [0, 0.1) is 19.3 Å². The Morgan fingerprint density at radius 2 is 2.24 bits per heavy atom. The van der Waals surface area contributed by atoms with E-state index in [1.165, 1.54) is 0 Å². The molecular weight excluding hydrogens is 322 g/mol. The molecule has 2 amide bonds. The zero-order chi connectivity index (χ0) is 17.6. The van der Waals surface area contributed by atoms with Gasteiger partial charge in [-0.1, -0.05) is 5.16 Å². The van der Waals surface area contributed by atoms with Crippen LogP contribution in [-0.4, -0.2) is 56.6 Å². The van der Waals surface area contributed by atoms with Gasteiger partial charge in [-0.2, -0.15) is 5.10 Å². The van der Waals surface area contributed by atoms with Crippen molar-refractivity contribution in [2.24, 2.45) is 5.41 Å². The number of aryl methyl sites for hydroxylation is 2. The fraction of sp³-hybridized carbons (Fsp3) is 0.529. The van der Waals surface area contributed by atoms with Crippen molar-refractivity contribution in [2.45, 2.75) is 33.2 Å². The normalized spacial score (nSPS) is 23.2. The molecule has 8 heteroatoms. The molecule has 0 saturated carbocycles. The number of rotatable bonds is 3. The van der Waals surface area contributed by atoms with Gasteiger partial charge < -0.3 is 14.3 Å². The second-order valence-corrected chi connectivity index (χ2v) is 7.18. The quantitative estimate of drug-likeness (QED) is 0.906. The average molecular weight is 343 g/mol. The summed E-state index contributed by atoms with van der Waals surface area (Å²) >= 11 is 0. The predicted octanol–water partition coefficient (Wildman–Crippen LogP) is 1.28. The first kappa shape index (κ1) is 15.9. The molecule has 2 fully saturated rings. The number of carbonyl (C=O) groups excluding carboxylic acids is 2. The van der Waals surface area contributed by atoms with Gasteiger partial charge >= 0.3 is 0 Å². The molecule has 2 aromatic rings. The number of aromatic amines is 1. The second kappa shape index (κ2) is 5.72. The SMILES string of the molecule is Cc1noc(C)c1CN1C[C@@]2(CCN(C(=O)c3ccn[nH]3)C2)CC1=O. The lowest BCUT2D eigenvalue weighted by Gasteiger charge is -2.24. The lowest BCUT2D eigenvalue weighted by atomic mass is 9.86. The molecule has 1 spiro atoms. The minimum absolute atomic E-state index is 0.0500. The highest BCUT2D eigenvalue weighted by atomic mass is 16.5. The van der Waals surface area contributed by atoms with Crippen molar-refractivity contribution in [3.63, 3.8) is 0 Å². The van der Waals surface area contributed by atoms with Gasteiger partial charge in [0.25, 0.3) is 5.91 Å². The Morgan fingerprint density at radius 1 is 1.40 bits per heavy atom. The van der Waals surface area contributed by atoms with E-state index < -0.39 is 0 Å². The molecule has 2 aliphatic heterocycles. The zero-order valence-electron chi connectivity index (χ0n) is 14.4. The lowest BCUT2D eigenvalue weighted by molar-refractivity contribution is -0.128. The van der Waals surface area contributed by atoms with Crippen LogP contribution in [-0.2, 0) is 11.3 Å². The Balaban J connectivity index is 1.46. The number of hydrogen-bond acceptors (Lipinski definition) is 5. The van der Waals surface area contributed by atoms with Gasteiger partial charge in [-0.3, -0.25) is 14.7 Å². The molecule has 0 radical (unpaired) electrons. The van der Waals surface area contributed by atoms with Crippen molar-refractivity contribution < 1.29 is 14.1 Å². The van der Waals surface area contributed by atoms with Crippen LogP contribution in [0.15, 0.2) is 16.8 Å². The van der Waals surface area contributed by atoms with Crippen LogP contribution in [0.2, 0.25) is 0 Å². The Labute approximate surface area is 145 Å². The van der Waals surface area contributed by atoms with Crippen LogP contribution < -0.4 is 0 Å². The number of aromatic nitrogens is 3. The molecule has 8 nitrogen and oxygen atoms in total. The van der Waals surface area contributed by atoms with Crippen molar-refractivity contribution in [1.82, 2.24) is 25.2 Å². The van der Waals surface area contributed by atoms with Crippen molar-refractivity contribution >= 4 is 11.8 Å². The fourth-order valence-electron chi connectivity index (χ4n) is 3.97. The van der Waals surface area contributed by atoms with Crippen molar-refractivity contribution in [2.75, 3.05) is 19.6 Å². The molecule has 132 valence electrons. The minimum atomic E-state index is -0.147. The van der Waals surface area contributed by atoms with E-state index in [1.807, 2.05) is 23.6 Å². The van der Waals surface area contributed by atoms with E-state index in [0.29, 0.717) is 38.3 Å². The molecule has 0 aliphatic carbocycles. The number of likely N-dealkylation sites (tertiary alicyclic amines) is 2. The molecule has 2 saturated heterocycles. The molecule has 2 aliphatic rings. The monoisotopic (exact) mass is 343 g/mol. The van der Waals surface area contributed by atoms with E-state index in [2.05, 4.69) is 15.4 Å². The van der Waals surface area contributed by atoms with Crippen molar-refractivity contribution in [3.8, 4) is 0 Å². The molecule has 0 bridgehead atoms. The highest BCUT2D eigenvalue weighted by molar-refractivity contribution is 5.92. The van der Waals surface area contributed by atoms with Gasteiger partial charge in [0.05, 0.1) is 12.2 Å². The van der Waals surface area contributed by atoms with E-state index in [-0.39, 0.29) is 17.2 Å². The summed E-state index contributed by atoms with van der Waals surface area (Å²) in [6.45, 7) is 6.23. The van der Waals surface area contributed by atoms with Crippen LogP contribution in [0.5, 0.6) is 0 Å². The molecular formula is C17H21N5O3. The van der Waals surface area contributed by atoms with Crippen molar-refractivity contribution in [3.05, 3.63) is 35.0 Å². The third-order valence-electron chi connectivity index (χ3n) is 5.39. The maximum atomic E-state index is 12.5. The largest absolute Gasteiger partial charge is 0.361 e. The van der Waals surface area contributed by atoms with Gasteiger partial charge in [0.15, 0.2) is 0 Å². The minimum Gasteiger partial charge on any atom is -0.361 e. The van der Waals surface area contributed by atoms with Crippen LogP contribution in [0.3, 0.4) is 0 Å². The maximum Gasteiger partial charge on any atom is 0.271 e. The first-order chi connectivity index (χ1) is 12.0. The third kappa shape index (κ3) is 2.71. The molecule has 4 heterocycles. The standard InChI is InChI=1S/C17H21N5O3/c1-11-13(12(2)25-20-11)8-22-10-17(7-15(22)23)4-6-21(9-17)16(24)14-3-5-18-19-14/h3,5H,4,6-10H2,1-2H3,(H,18,19)/t17-/m0/s1. The number of nitrogens with one attached hydrogen (secondary N) is 1. The summed E-state index contributed by atoms with van der Waals surface area (Å²) in [5.41, 5.74) is 2.16. The van der Waals surface area contributed by atoms with Gasteiger partial charge in [0, 0.05) is 43.2 Å². The zero-order valence-corrected chi connectivity index (χ0v) is 14.4. The Kier molecular flexibility index (Phi) is 3.63. The third-order valence-corrected chi connectivity index (χ3v) is 5.39. The smallest absolute Gasteiger partial charge is 0.271 e. The summed E-state index contributed by atoms with van der Waals surface area (Å²) in [4.78, 5) is 28.7. The number of nitrogens with zero attached hydrogens (tertiary/aromatic N) is 4. The Bertz CT molecular complexity index is 793. The second-order valence-electron chi connectivity index (χ2n) is 7.18. The molecule has 1 N–H and O–H groups in total. The molecule has 0 unspecified atom stereocenters. The van der Waals surface area contributed by atoms with Crippen LogP contribution in [0.4, 0.5) is 0 Å². The summed E-state index contributed by atoms with van der Waals surface area (Å²) < 4.78 is 5.20. The number of carbonyl (C=O) groups is 2. The van der Waals surface area contributed by atoms with E-state index in [4.69, 9.17) is 4.52 Å². The van der Waals surface area contributed by atoms with Crippen molar-refractivity contribution in [1.29, 1.82) is 0 Å². The Morgan fingerprint density at radius 3 is 2.92 bits per heavy atom. The highest BCUT2D eigenvalue weighted by Gasteiger charge is 2.48. The maximum absolute atomic E-state index is 12.5. The number of hydrogen-bond donors (Lipinski definition) is 1. The van der Waals surface area contributed by atoms with Gasteiger partial charge in [0.2, 0.25) is 5.91 Å². The summed E-state index contributed by atoms with van der Waals surface area (Å²) in [7, 11) is 0. The molecule has 0 aromatic carbocycles. The summed E-state index contributed by atoms with van der Waals surface area (Å²) in [5, 5.41) is 10.5. The summed E-state index contributed by atoms with van der Waals surface area (Å²) in [6, 6.07) is 1.68. The predicted molar refractivity (Wildman–Crippen MR) is 87.6 cm³/mol. The summed E-state index contributed by atoms with van der Waals surface area (Å²) in [6.07, 6.45) is 2.91. The van der Waals surface area contributed by atoms with Crippen LogP contribution in [0.1, 0.15) is 40.3 Å². The fourth-order valence-corrected chi connectivity index (χ4v) is 3.97. The van der Waals surface area contributed by atoms with E-state index >= 15 is 0 Å². The first-order valence-electron chi connectivity index (χ1n) is 8.46. The molecule has 4 rings (SSSR count). The van der Waals surface area contributed by atoms with Gasteiger partial charge in [-0.15, -0.1) is 0 Å². The number of amides is 2. The molecule has 1 atom stereocenters. The molecule has 2 aromatic heterocycles. The van der Waals surface area contributed by atoms with Crippen LogP contribution >= 0.6 is 0 Å². The molecule has 25 heavy (non-hydrogen) atoms. The highest BCUT2D eigenvalue weighted by Crippen LogP contribution is 2.41. The summed E-state index contributed by atoms with van der Waals surface area (Å²) in [5.74, 6) is 0.843. The van der Waals surface area contributed by atoms with E-state index in [9.17, 15) is 9.59 Å². The van der Waals surface area contributed by atoms with E-state index in [0.717, 1.165) is 23.4 Å².